The second-order valence-electron chi connectivity index (χ2n) is 7.42. The normalized spacial score (nSPS) is 22.6. The molecule has 0 unspecified atom stereocenters. The highest BCUT2D eigenvalue weighted by Gasteiger charge is 2.42. The number of carbonyl (C=O) groups is 1. The first-order valence-electron chi connectivity index (χ1n) is 8.93. The molecule has 1 aromatic heterocycles. The van der Waals surface area contributed by atoms with Gasteiger partial charge in [-0.15, -0.1) is 11.3 Å². The molecule has 134 valence electrons. The Morgan fingerprint density at radius 1 is 1.36 bits per heavy atom. The topological polar surface area (TPSA) is 44.4 Å². The van der Waals surface area contributed by atoms with Gasteiger partial charge < -0.3 is 15.5 Å². The largest absolute Gasteiger partial charge is 0.339 e. The number of nitrogens with one attached hydrogen (secondary N) is 2. The SMILES string of the molecule is CN(Cc1sc2ccccc2c1Cl)C(=O)[C@@H]1CC2(CCNCC2)CN1. The predicted octanol–water partition coefficient (Wildman–Crippen LogP) is 3.24. The van der Waals surface area contributed by atoms with E-state index in [1.54, 1.807) is 11.3 Å². The van der Waals surface area contributed by atoms with Crippen LogP contribution in [-0.4, -0.2) is 43.5 Å². The Kier molecular flexibility index (Phi) is 4.75. The molecule has 3 heterocycles. The van der Waals surface area contributed by atoms with E-state index in [9.17, 15) is 4.79 Å². The van der Waals surface area contributed by atoms with Gasteiger partial charge >= 0.3 is 0 Å². The molecule has 2 aromatic rings. The molecule has 2 aliphatic rings. The van der Waals surface area contributed by atoms with Gasteiger partial charge in [-0.3, -0.25) is 4.79 Å². The summed E-state index contributed by atoms with van der Waals surface area (Å²) in [5, 5.41) is 8.76. The lowest BCUT2D eigenvalue weighted by molar-refractivity contribution is -0.132. The quantitative estimate of drug-likeness (QED) is 0.863. The number of halogens is 1. The number of amides is 1. The van der Waals surface area contributed by atoms with Gasteiger partial charge in [-0.25, -0.2) is 0 Å². The second kappa shape index (κ2) is 6.88. The number of rotatable bonds is 3. The number of fused-ring (bicyclic) bond motifs is 1. The number of likely N-dealkylation sites (N-methyl/N-ethyl adjacent to an activating group) is 1. The molecular weight excluding hydrogens is 354 g/mol. The van der Waals surface area contributed by atoms with Crippen molar-refractivity contribution in [2.24, 2.45) is 5.41 Å². The summed E-state index contributed by atoms with van der Waals surface area (Å²) >= 11 is 8.21. The minimum Gasteiger partial charge on any atom is -0.339 e. The van der Waals surface area contributed by atoms with Crippen molar-refractivity contribution >= 4 is 38.9 Å². The molecule has 2 N–H and O–H groups in total. The molecule has 25 heavy (non-hydrogen) atoms. The van der Waals surface area contributed by atoms with Crippen LogP contribution in [0.5, 0.6) is 0 Å². The van der Waals surface area contributed by atoms with Gasteiger partial charge in [0.1, 0.15) is 0 Å². The first-order valence-corrected chi connectivity index (χ1v) is 10.1. The number of hydrogen-bond donors (Lipinski definition) is 2. The Morgan fingerprint density at radius 2 is 2.12 bits per heavy atom. The van der Waals surface area contributed by atoms with Crippen LogP contribution in [0.15, 0.2) is 24.3 Å². The molecule has 1 atom stereocenters. The number of nitrogens with zero attached hydrogens (tertiary/aromatic N) is 1. The molecule has 2 fully saturated rings. The van der Waals surface area contributed by atoms with Crippen molar-refractivity contribution < 1.29 is 4.79 Å². The minimum atomic E-state index is -0.0590. The molecule has 1 spiro atoms. The Labute approximate surface area is 157 Å². The number of benzene rings is 1. The van der Waals surface area contributed by atoms with E-state index in [0.29, 0.717) is 12.0 Å². The van der Waals surface area contributed by atoms with Crippen LogP contribution >= 0.6 is 22.9 Å². The van der Waals surface area contributed by atoms with Crippen LogP contribution in [0, 0.1) is 5.41 Å². The van der Waals surface area contributed by atoms with E-state index in [4.69, 9.17) is 11.6 Å². The van der Waals surface area contributed by atoms with Gasteiger partial charge in [-0.2, -0.15) is 0 Å². The monoisotopic (exact) mass is 377 g/mol. The third-order valence-corrected chi connectivity index (χ3v) is 7.38. The molecule has 1 aromatic carbocycles. The Hall–Kier alpha value is -1.14. The van der Waals surface area contributed by atoms with E-state index in [1.807, 2.05) is 30.1 Å². The van der Waals surface area contributed by atoms with E-state index >= 15 is 0 Å². The van der Waals surface area contributed by atoms with E-state index < -0.39 is 0 Å². The average Bonchev–Trinajstić information content (AvgIpc) is 3.17. The Bertz CT molecular complexity index is 784. The second-order valence-corrected chi connectivity index (χ2v) is 8.93. The lowest BCUT2D eigenvalue weighted by atomic mass is 9.77. The van der Waals surface area contributed by atoms with Crippen LogP contribution in [0.3, 0.4) is 0 Å². The highest BCUT2D eigenvalue weighted by molar-refractivity contribution is 7.19. The third kappa shape index (κ3) is 3.31. The maximum absolute atomic E-state index is 12.9. The van der Waals surface area contributed by atoms with Crippen LogP contribution < -0.4 is 10.6 Å². The first kappa shape index (κ1) is 17.3. The predicted molar refractivity (Wildman–Crippen MR) is 104 cm³/mol. The van der Waals surface area contributed by atoms with Crippen molar-refractivity contribution in [3.05, 3.63) is 34.2 Å². The molecule has 0 bridgehead atoms. The van der Waals surface area contributed by atoms with Gasteiger partial charge in [0.05, 0.1) is 17.6 Å². The van der Waals surface area contributed by atoms with Crippen molar-refractivity contribution in [3.8, 4) is 0 Å². The third-order valence-electron chi connectivity index (χ3n) is 5.68. The maximum Gasteiger partial charge on any atom is 0.239 e. The van der Waals surface area contributed by atoms with Crippen molar-refractivity contribution in [2.45, 2.75) is 31.8 Å². The molecular formula is C19H24ClN3OS. The summed E-state index contributed by atoms with van der Waals surface area (Å²) in [5.74, 6) is 0.184. The summed E-state index contributed by atoms with van der Waals surface area (Å²) in [5.41, 5.74) is 0.307. The number of hydrogen-bond acceptors (Lipinski definition) is 4. The van der Waals surface area contributed by atoms with E-state index in [-0.39, 0.29) is 11.9 Å². The van der Waals surface area contributed by atoms with Gasteiger partial charge in [0.25, 0.3) is 0 Å². The Morgan fingerprint density at radius 3 is 2.88 bits per heavy atom. The van der Waals surface area contributed by atoms with E-state index in [1.165, 1.54) is 4.70 Å². The van der Waals surface area contributed by atoms with Crippen LogP contribution in [0.4, 0.5) is 0 Å². The fraction of sp³-hybridized carbons (Fsp3) is 0.526. The van der Waals surface area contributed by atoms with Crippen LogP contribution in [0.25, 0.3) is 10.1 Å². The van der Waals surface area contributed by atoms with Gasteiger partial charge in [0.2, 0.25) is 5.91 Å². The number of thiophene rings is 1. The highest BCUT2D eigenvalue weighted by atomic mass is 35.5. The number of piperidine rings is 1. The molecule has 0 aliphatic carbocycles. The lowest BCUT2D eigenvalue weighted by Crippen LogP contribution is -2.41. The lowest BCUT2D eigenvalue weighted by Gasteiger charge is -2.33. The van der Waals surface area contributed by atoms with Crippen molar-refractivity contribution in [1.82, 2.24) is 15.5 Å². The summed E-state index contributed by atoms with van der Waals surface area (Å²) in [4.78, 5) is 15.8. The zero-order chi connectivity index (χ0) is 17.4. The molecule has 4 rings (SSSR count). The van der Waals surface area contributed by atoms with Gasteiger partial charge in [0.15, 0.2) is 0 Å². The minimum absolute atomic E-state index is 0.0590. The Balaban J connectivity index is 1.44. The molecule has 0 radical (unpaired) electrons. The summed E-state index contributed by atoms with van der Waals surface area (Å²) < 4.78 is 1.18. The molecule has 2 aliphatic heterocycles. The zero-order valence-corrected chi connectivity index (χ0v) is 16.1. The fourth-order valence-corrected chi connectivity index (χ4v) is 5.70. The molecule has 2 saturated heterocycles. The summed E-state index contributed by atoms with van der Waals surface area (Å²) in [6.07, 6.45) is 3.28. The van der Waals surface area contributed by atoms with Crippen LogP contribution in [0.1, 0.15) is 24.1 Å². The van der Waals surface area contributed by atoms with Gasteiger partial charge in [-0.05, 0) is 43.8 Å². The maximum atomic E-state index is 12.9. The standard InChI is InChI=1S/C19H24ClN3OS/c1-23(11-16-17(20)13-4-2-3-5-15(13)25-16)18(24)14-10-19(12-22-14)6-8-21-9-7-19/h2-5,14,21-22H,6-12H2,1H3/t14-/m0/s1. The summed E-state index contributed by atoms with van der Waals surface area (Å²) in [6.45, 7) is 3.66. The van der Waals surface area contributed by atoms with Crippen molar-refractivity contribution in [1.29, 1.82) is 0 Å². The van der Waals surface area contributed by atoms with Crippen molar-refractivity contribution in [3.63, 3.8) is 0 Å². The van der Waals surface area contributed by atoms with Crippen LogP contribution in [-0.2, 0) is 11.3 Å². The van der Waals surface area contributed by atoms with E-state index in [2.05, 4.69) is 16.7 Å². The summed E-state index contributed by atoms with van der Waals surface area (Å²) in [6, 6.07) is 8.08. The first-order chi connectivity index (χ1) is 12.1. The summed E-state index contributed by atoms with van der Waals surface area (Å²) in [7, 11) is 1.89. The zero-order valence-electron chi connectivity index (χ0n) is 14.5. The van der Waals surface area contributed by atoms with Gasteiger partial charge in [0, 0.05) is 28.6 Å². The van der Waals surface area contributed by atoms with Crippen LogP contribution in [0.2, 0.25) is 5.02 Å². The highest BCUT2D eigenvalue weighted by Crippen LogP contribution is 2.39. The number of carbonyl (C=O) groups excluding carboxylic acids is 1. The van der Waals surface area contributed by atoms with E-state index in [0.717, 1.165) is 54.2 Å². The van der Waals surface area contributed by atoms with Gasteiger partial charge in [-0.1, -0.05) is 29.8 Å². The fourth-order valence-electron chi connectivity index (χ4n) is 4.16. The molecule has 4 nitrogen and oxygen atoms in total. The molecule has 6 heteroatoms. The average molecular weight is 378 g/mol. The van der Waals surface area contributed by atoms with Crippen molar-refractivity contribution in [2.75, 3.05) is 26.7 Å². The smallest absolute Gasteiger partial charge is 0.239 e. The molecule has 0 saturated carbocycles. The molecule has 1 amide bonds.